The molecule has 1 amide bonds. The zero-order valence-corrected chi connectivity index (χ0v) is 31.3. The van der Waals surface area contributed by atoms with Crippen molar-refractivity contribution in [1.82, 2.24) is 30.0 Å². The third kappa shape index (κ3) is 6.98. The van der Waals surface area contributed by atoms with Gasteiger partial charge in [-0.15, -0.1) is 6.42 Å². The molecule has 57 heavy (non-hydrogen) atoms. The predicted octanol–water partition coefficient (Wildman–Crippen LogP) is 5.57. The zero-order valence-electron chi connectivity index (χ0n) is 31.3. The number of ether oxygens (including phenoxy) is 2. The fourth-order valence-electron chi connectivity index (χ4n) is 8.26. The summed E-state index contributed by atoms with van der Waals surface area (Å²) in [4.78, 5) is 34.2. The number of anilines is 1. The highest BCUT2D eigenvalue weighted by atomic mass is 19.1. The number of carbonyl (C=O) groups is 2. The number of nitrogens with zero attached hydrogens (tertiary/aromatic N) is 6. The number of amides is 1. The van der Waals surface area contributed by atoms with Crippen LogP contribution in [0, 0.1) is 29.8 Å². The first-order valence-electron chi connectivity index (χ1n) is 18.2. The van der Waals surface area contributed by atoms with Gasteiger partial charge in [0, 0.05) is 36.5 Å². The van der Waals surface area contributed by atoms with E-state index in [-0.39, 0.29) is 101 Å². The standard InChI is InChI=1S/C39H37F4N7O4.CH2O2/c1-5-25-27(41)8-7-21-13-24(51)15-26(29(21)25)30-32(42)34-31(35(53-4)33(30)43)36(46-38(45-34)54-19-39-9-6-10-49(39)17-22(40)16-39)48-11-12-50-23(18-48)14-28(47-50)37(52)44-20(2)3;2-1-3/h1,7-8,13-15,20,22,51H,6,9-12,16-19H2,2-4H3,(H,44,52);1H,(H,2,3)/t22-,39+;/m1./s1. The number of rotatable bonds is 8. The molecular formula is C40H39F4N7O6. The summed E-state index contributed by atoms with van der Waals surface area (Å²) in [6.45, 7) is 5.20. The van der Waals surface area contributed by atoms with Gasteiger partial charge in [-0.3, -0.25) is 19.2 Å². The van der Waals surface area contributed by atoms with Crippen molar-refractivity contribution in [2.24, 2.45) is 0 Å². The average molecular weight is 790 g/mol. The van der Waals surface area contributed by atoms with Crippen LogP contribution >= 0.6 is 0 Å². The SMILES string of the molecule is C#Cc1c(F)ccc2cc(O)cc(-c3c(F)c(OC)c4c(N5CCn6nc(C(=O)NC(C)C)cc6C5)nc(OC[C@@]56CCCN5C[C@H](F)C6)nc4c3F)c12.O=CO. The van der Waals surface area contributed by atoms with E-state index >= 15 is 13.2 Å². The number of hydrogen-bond acceptors (Lipinski definition) is 10. The van der Waals surface area contributed by atoms with Crippen molar-refractivity contribution in [3.63, 3.8) is 0 Å². The van der Waals surface area contributed by atoms with Gasteiger partial charge in [-0.1, -0.05) is 12.0 Å². The highest BCUT2D eigenvalue weighted by Crippen LogP contribution is 2.47. The number of nitrogens with one attached hydrogen (secondary N) is 1. The second kappa shape index (κ2) is 15.4. The largest absolute Gasteiger partial charge is 0.508 e. The summed E-state index contributed by atoms with van der Waals surface area (Å²) in [5.74, 6) is -1.83. The lowest BCUT2D eigenvalue weighted by molar-refractivity contribution is -0.122. The number of aromatic hydroxyl groups is 1. The number of fused-ring (bicyclic) bond motifs is 4. The van der Waals surface area contributed by atoms with Crippen LogP contribution in [0.15, 0.2) is 30.3 Å². The molecule has 2 aromatic heterocycles. The van der Waals surface area contributed by atoms with E-state index in [0.29, 0.717) is 25.2 Å². The molecule has 0 unspecified atom stereocenters. The summed E-state index contributed by atoms with van der Waals surface area (Å²) in [7, 11) is 1.22. The molecule has 5 aromatic rings. The summed E-state index contributed by atoms with van der Waals surface area (Å²) in [5, 5.41) is 25.0. The Labute approximate surface area is 324 Å². The normalized spacial score (nSPS) is 18.9. The molecule has 3 aromatic carbocycles. The Morgan fingerprint density at radius 1 is 1.14 bits per heavy atom. The lowest BCUT2D eigenvalue weighted by Crippen LogP contribution is -2.43. The molecule has 0 radical (unpaired) electrons. The molecule has 3 aliphatic rings. The van der Waals surface area contributed by atoms with Crippen LogP contribution in [0.4, 0.5) is 23.4 Å². The van der Waals surface area contributed by atoms with Gasteiger partial charge in [0.25, 0.3) is 12.4 Å². The van der Waals surface area contributed by atoms with Crippen molar-refractivity contribution in [3.8, 4) is 41.0 Å². The Kier molecular flexibility index (Phi) is 10.6. The van der Waals surface area contributed by atoms with Gasteiger partial charge < -0.3 is 29.9 Å². The maximum absolute atomic E-state index is 17.3. The molecule has 5 heterocycles. The van der Waals surface area contributed by atoms with E-state index < -0.39 is 40.5 Å². The van der Waals surface area contributed by atoms with E-state index in [2.05, 4.69) is 26.2 Å². The van der Waals surface area contributed by atoms with Crippen LogP contribution in [0.2, 0.25) is 0 Å². The van der Waals surface area contributed by atoms with Crippen LogP contribution in [0.1, 0.15) is 54.9 Å². The van der Waals surface area contributed by atoms with Crippen molar-refractivity contribution in [2.75, 3.05) is 38.3 Å². The molecule has 0 spiro atoms. The summed E-state index contributed by atoms with van der Waals surface area (Å²) >= 11 is 0. The number of carboxylic acid groups (broad SMARTS) is 1. The molecule has 2 fully saturated rings. The summed E-state index contributed by atoms with van der Waals surface area (Å²) < 4.78 is 77.5. The van der Waals surface area contributed by atoms with E-state index in [1.807, 2.05) is 13.8 Å². The van der Waals surface area contributed by atoms with Gasteiger partial charge in [0.2, 0.25) is 0 Å². The minimum atomic E-state index is -1.16. The smallest absolute Gasteiger partial charge is 0.319 e. The van der Waals surface area contributed by atoms with E-state index in [1.54, 1.807) is 15.6 Å². The first kappa shape index (κ1) is 39.1. The first-order valence-corrected chi connectivity index (χ1v) is 18.2. The van der Waals surface area contributed by atoms with Crippen LogP contribution < -0.4 is 19.7 Å². The van der Waals surface area contributed by atoms with Crippen LogP contribution in [0.5, 0.6) is 17.5 Å². The van der Waals surface area contributed by atoms with Gasteiger partial charge in [0.1, 0.15) is 35.7 Å². The maximum Gasteiger partial charge on any atom is 0.319 e. The average Bonchev–Trinajstić information content (AvgIpc) is 3.86. The number of carbonyl (C=O) groups excluding carboxylic acids is 1. The first-order chi connectivity index (χ1) is 27.3. The molecule has 13 nitrogen and oxygen atoms in total. The number of terminal acetylenes is 1. The van der Waals surface area contributed by atoms with Gasteiger partial charge in [0.15, 0.2) is 23.1 Å². The number of hydrogen-bond donors (Lipinski definition) is 3. The van der Waals surface area contributed by atoms with Crippen molar-refractivity contribution in [1.29, 1.82) is 0 Å². The van der Waals surface area contributed by atoms with Crippen LogP contribution in [-0.4, -0.2) is 98.3 Å². The van der Waals surface area contributed by atoms with Crippen molar-refractivity contribution >= 4 is 39.9 Å². The third-order valence-corrected chi connectivity index (χ3v) is 10.6. The molecule has 3 N–H and O–H groups in total. The van der Waals surface area contributed by atoms with Crippen molar-refractivity contribution in [2.45, 2.75) is 64.0 Å². The van der Waals surface area contributed by atoms with Gasteiger partial charge in [-0.2, -0.15) is 15.1 Å². The fourth-order valence-corrected chi connectivity index (χ4v) is 8.26. The molecule has 0 aliphatic carbocycles. The second-order valence-electron chi connectivity index (χ2n) is 14.5. The number of aromatic nitrogens is 4. The quantitative estimate of drug-likeness (QED) is 0.103. The number of benzene rings is 3. The van der Waals surface area contributed by atoms with Crippen LogP contribution in [0.25, 0.3) is 32.8 Å². The third-order valence-electron chi connectivity index (χ3n) is 10.6. The minimum Gasteiger partial charge on any atom is -0.508 e. The van der Waals surface area contributed by atoms with Gasteiger partial charge >= 0.3 is 6.01 Å². The molecular weight excluding hydrogens is 750 g/mol. The molecule has 0 bridgehead atoms. The molecule has 17 heteroatoms. The van der Waals surface area contributed by atoms with E-state index in [4.69, 9.17) is 30.8 Å². The van der Waals surface area contributed by atoms with Crippen LogP contribution in [0.3, 0.4) is 0 Å². The van der Waals surface area contributed by atoms with Gasteiger partial charge in [0.05, 0.1) is 47.9 Å². The number of halogens is 4. The molecule has 2 atom stereocenters. The Hall–Kier alpha value is -6.15. The monoisotopic (exact) mass is 789 g/mol. The Morgan fingerprint density at radius 2 is 1.91 bits per heavy atom. The van der Waals surface area contributed by atoms with Gasteiger partial charge in [-0.25, -0.2) is 17.6 Å². The number of phenolic OH excluding ortho intramolecular Hbond substituents is 1. The Balaban J connectivity index is 0.00000160. The van der Waals surface area contributed by atoms with E-state index in [1.165, 1.54) is 19.2 Å². The highest BCUT2D eigenvalue weighted by molar-refractivity contribution is 6.06. The Bertz CT molecular complexity index is 2450. The lowest BCUT2D eigenvalue weighted by atomic mass is 9.92. The second-order valence-corrected chi connectivity index (χ2v) is 14.5. The highest BCUT2D eigenvalue weighted by Gasteiger charge is 2.49. The fraction of sp³-hybridized carbons (Fsp3) is 0.375. The van der Waals surface area contributed by atoms with Crippen molar-refractivity contribution in [3.05, 3.63) is 64.7 Å². The minimum absolute atomic E-state index is 0.00397. The number of methoxy groups -OCH3 is 1. The summed E-state index contributed by atoms with van der Waals surface area (Å²) in [6.07, 6.45) is 6.51. The van der Waals surface area contributed by atoms with E-state index in [0.717, 1.165) is 25.1 Å². The predicted molar refractivity (Wildman–Crippen MR) is 202 cm³/mol. The Morgan fingerprint density at radius 3 is 2.63 bits per heavy atom. The zero-order chi connectivity index (χ0) is 40.8. The molecule has 8 rings (SSSR count). The molecule has 298 valence electrons. The van der Waals surface area contributed by atoms with Crippen LogP contribution in [-0.2, 0) is 17.9 Å². The van der Waals surface area contributed by atoms with Gasteiger partial charge in [-0.05, 0) is 62.9 Å². The van der Waals surface area contributed by atoms with E-state index in [9.17, 15) is 14.3 Å². The molecule has 2 saturated heterocycles. The number of phenols is 1. The summed E-state index contributed by atoms with van der Waals surface area (Å²) in [6, 6.07) is 6.20. The molecule has 3 aliphatic heterocycles. The lowest BCUT2D eigenvalue weighted by Gasteiger charge is -2.32. The molecule has 0 saturated carbocycles. The number of alkyl halides is 1. The van der Waals surface area contributed by atoms with Crippen molar-refractivity contribution < 1.29 is 46.8 Å². The topological polar surface area (TPSA) is 155 Å². The summed E-state index contributed by atoms with van der Waals surface area (Å²) in [5.41, 5.74) is -1.20. The maximum atomic E-state index is 17.3.